The summed E-state index contributed by atoms with van der Waals surface area (Å²) in [7, 11) is 1.42. The third kappa shape index (κ3) is 3.07. The quantitative estimate of drug-likeness (QED) is 0.622. The zero-order chi connectivity index (χ0) is 11.3. The summed E-state index contributed by atoms with van der Waals surface area (Å²) in [5.74, 6) is -1.79. The van der Waals surface area contributed by atoms with Crippen LogP contribution in [0.4, 0.5) is 5.69 Å². The number of para-hydroxylation sites is 1. The molecule has 80 valence electrons. The summed E-state index contributed by atoms with van der Waals surface area (Å²) >= 11 is 0. The summed E-state index contributed by atoms with van der Waals surface area (Å²) in [5.41, 5.74) is 0.573. The minimum atomic E-state index is -1.23. The average molecular weight is 208 g/mol. The number of hydrogen-bond donors (Lipinski definition) is 3. The van der Waals surface area contributed by atoms with E-state index in [-0.39, 0.29) is 0 Å². The third-order valence-electron chi connectivity index (χ3n) is 1.84. The molecule has 1 aromatic carbocycles. The van der Waals surface area contributed by atoms with E-state index in [2.05, 4.69) is 10.6 Å². The van der Waals surface area contributed by atoms with Crippen molar-refractivity contribution in [1.29, 1.82) is 0 Å². The number of carbonyl (C=O) groups excluding carboxylic acids is 1. The molecule has 3 N–H and O–H groups in total. The molecule has 0 bridgehead atoms. The minimum absolute atomic E-state index is 0.573. The average Bonchev–Trinajstić information content (AvgIpc) is 2.19. The van der Waals surface area contributed by atoms with Crippen LogP contribution in [0.5, 0.6) is 0 Å². The molecule has 0 aliphatic rings. The lowest BCUT2D eigenvalue weighted by Gasteiger charge is -2.11. The van der Waals surface area contributed by atoms with Crippen LogP contribution in [0, 0.1) is 0 Å². The molecular formula is C10H12N2O3. The maximum atomic E-state index is 11.4. The Morgan fingerprint density at radius 2 is 1.87 bits per heavy atom. The Morgan fingerprint density at radius 1 is 1.27 bits per heavy atom. The molecule has 0 aliphatic carbocycles. The standard InChI is InChI=1S/C10H12N2O3/c1-11-8(10(14)15)9(13)12-7-5-3-2-4-6-7/h2-6,8,11H,1H3,(H,12,13)(H,14,15). The van der Waals surface area contributed by atoms with Gasteiger partial charge >= 0.3 is 5.97 Å². The van der Waals surface area contributed by atoms with Crippen LogP contribution in [-0.4, -0.2) is 30.1 Å². The fourth-order valence-electron chi connectivity index (χ4n) is 1.10. The lowest BCUT2D eigenvalue weighted by atomic mass is 10.2. The molecule has 0 radical (unpaired) electrons. The smallest absolute Gasteiger partial charge is 0.330 e. The monoisotopic (exact) mass is 208 g/mol. The Morgan fingerprint density at radius 3 is 2.33 bits per heavy atom. The van der Waals surface area contributed by atoms with Crippen LogP contribution in [-0.2, 0) is 9.59 Å². The van der Waals surface area contributed by atoms with Crippen molar-refractivity contribution >= 4 is 17.6 Å². The molecule has 1 atom stereocenters. The van der Waals surface area contributed by atoms with Crippen molar-refractivity contribution in [3.8, 4) is 0 Å². The van der Waals surface area contributed by atoms with Crippen LogP contribution in [0.15, 0.2) is 30.3 Å². The van der Waals surface area contributed by atoms with Gasteiger partial charge in [0.15, 0.2) is 6.04 Å². The van der Waals surface area contributed by atoms with Gasteiger partial charge in [-0.1, -0.05) is 18.2 Å². The van der Waals surface area contributed by atoms with Crippen LogP contribution in [0.25, 0.3) is 0 Å². The summed E-state index contributed by atoms with van der Waals surface area (Å²) in [6.45, 7) is 0. The van der Waals surface area contributed by atoms with E-state index in [1.165, 1.54) is 7.05 Å². The maximum Gasteiger partial charge on any atom is 0.330 e. The summed E-state index contributed by atoms with van der Waals surface area (Å²) in [6.07, 6.45) is 0. The predicted octanol–water partition coefficient (Wildman–Crippen LogP) is 0.298. The number of carbonyl (C=O) groups is 2. The van der Waals surface area contributed by atoms with Crippen LogP contribution in [0.2, 0.25) is 0 Å². The SMILES string of the molecule is CNC(C(=O)O)C(=O)Nc1ccccc1. The van der Waals surface area contributed by atoms with Gasteiger partial charge in [-0.25, -0.2) is 4.79 Å². The van der Waals surface area contributed by atoms with E-state index in [0.29, 0.717) is 5.69 Å². The molecule has 15 heavy (non-hydrogen) atoms. The molecule has 5 heteroatoms. The number of benzene rings is 1. The van der Waals surface area contributed by atoms with Gasteiger partial charge in [0.2, 0.25) is 0 Å². The number of nitrogens with one attached hydrogen (secondary N) is 2. The van der Waals surface area contributed by atoms with Gasteiger partial charge in [0, 0.05) is 5.69 Å². The molecule has 0 aliphatic heterocycles. The van der Waals surface area contributed by atoms with Crippen molar-refractivity contribution in [3.63, 3.8) is 0 Å². The van der Waals surface area contributed by atoms with E-state index in [0.717, 1.165) is 0 Å². The van der Waals surface area contributed by atoms with Crippen LogP contribution in [0.3, 0.4) is 0 Å². The molecular weight excluding hydrogens is 196 g/mol. The van der Waals surface area contributed by atoms with E-state index in [4.69, 9.17) is 5.11 Å². The number of likely N-dealkylation sites (N-methyl/N-ethyl adjacent to an activating group) is 1. The first-order valence-electron chi connectivity index (χ1n) is 4.41. The lowest BCUT2D eigenvalue weighted by Crippen LogP contribution is -2.44. The van der Waals surface area contributed by atoms with Gasteiger partial charge in [-0.3, -0.25) is 10.1 Å². The van der Waals surface area contributed by atoms with E-state index in [1.807, 2.05) is 6.07 Å². The van der Waals surface area contributed by atoms with Crippen molar-refractivity contribution < 1.29 is 14.7 Å². The number of rotatable bonds is 4. The lowest BCUT2D eigenvalue weighted by molar-refractivity contribution is -0.142. The Labute approximate surface area is 87.1 Å². The number of carboxylic acids is 1. The van der Waals surface area contributed by atoms with Gasteiger partial charge in [0.05, 0.1) is 0 Å². The largest absolute Gasteiger partial charge is 0.480 e. The van der Waals surface area contributed by atoms with Crippen LogP contribution in [0.1, 0.15) is 0 Å². The second-order valence-corrected chi connectivity index (χ2v) is 2.92. The van der Waals surface area contributed by atoms with Gasteiger partial charge in [-0.2, -0.15) is 0 Å². The Kier molecular flexibility index (Phi) is 3.82. The highest BCUT2D eigenvalue weighted by molar-refractivity contribution is 6.07. The Hall–Kier alpha value is -1.88. The minimum Gasteiger partial charge on any atom is -0.480 e. The molecule has 1 aromatic rings. The Bertz CT molecular complexity index is 351. The summed E-state index contributed by atoms with van der Waals surface area (Å²) in [5, 5.41) is 13.6. The van der Waals surface area contributed by atoms with Crippen molar-refractivity contribution in [1.82, 2.24) is 5.32 Å². The first-order valence-corrected chi connectivity index (χ1v) is 4.41. The fourth-order valence-corrected chi connectivity index (χ4v) is 1.10. The molecule has 0 saturated heterocycles. The molecule has 1 rings (SSSR count). The molecule has 0 heterocycles. The van der Waals surface area contributed by atoms with E-state index in [1.54, 1.807) is 24.3 Å². The molecule has 1 amide bonds. The van der Waals surface area contributed by atoms with Gasteiger partial charge in [0.25, 0.3) is 5.91 Å². The molecule has 0 spiro atoms. The van der Waals surface area contributed by atoms with Crippen LogP contribution < -0.4 is 10.6 Å². The zero-order valence-electron chi connectivity index (χ0n) is 8.23. The molecule has 5 nitrogen and oxygen atoms in total. The van der Waals surface area contributed by atoms with Gasteiger partial charge in [-0.15, -0.1) is 0 Å². The summed E-state index contributed by atoms with van der Waals surface area (Å²) in [6, 6.07) is 7.46. The van der Waals surface area contributed by atoms with Crippen molar-refractivity contribution in [2.45, 2.75) is 6.04 Å². The first-order chi connectivity index (χ1) is 7.15. The first kappa shape index (κ1) is 11.2. The summed E-state index contributed by atoms with van der Waals surface area (Å²) < 4.78 is 0. The highest BCUT2D eigenvalue weighted by atomic mass is 16.4. The van der Waals surface area contributed by atoms with Gasteiger partial charge in [-0.05, 0) is 19.2 Å². The molecule has 1 unspecified atom stereocenters. The normalized spacial score (nSPS) is 11.8. The third-order valence-corrected chi connectivity index (χ3v) is 1.84. The van der Waals surface area contributed by atoms with Crippen LogP contribution >= 0.6 is 0 Å². The van der Waals surface area contributed by atoms with Crippen molar-refractivity contribution in [2.75, 3.05) is 12.4 Å². The number of carboxylic acid groups (broad SMARTS) is 1. The number of anilines is 1. The van der Waals surface area contributed by atoms with Crippen molar-refractivity contribution in [3.05, 3.63) is 30.3 Å². The number of hydrogen-bond acceptors (Lipinski definition) is 3. The number of aliphatic carboxylic acids is 1. The highest BCUT2D eigenvalue weighted by Crippen LogP contribution is 2.05. The molecule has 0 aromatic heterocycles. The highest BCUT2D eigenvalue weighted by Gasteiger charge is 2.23. The topological polar surface area (TPSA) is 78.4 Å². The summed E-state index contributed by atoms with van der Waals surface area (Å²) in [4.78, 5) is 22.1. The van der Waals surface area contributed by atoms with Crippen molar-refractivity contribution in [2.24, 2.45) is 0 Å². The van der Waals surface area contributed by atoms with E-state index < -0.39 is 17.9 Å². The van der Waals surface area contributed by atoms with E-state index in [9.17, 15) is 9.59 Å². The van der Waals surface area contributed by atoms with E-state index >= 15 is 0 Å². The van der Waals surface area contributed by atoms with Gasteiger partial charge in [0.1, 0.15) is 0 Å². The zero-order valence-corrected chi connectivity index (χ0v) is 8.23. The van der Waals surface area contributed by atoms with Gasteiger partial charge < -0.3 is 10.4 Å². The predicted molar refractivity (Wildman–Crippen MR) is 55.6 cm³/mol. The Balaban J connectivity index is 2.66. The number of amides is 1. The molecule has 0 saturated carbocycles. The second-order valence-electron chi connectivity index (χ2n) is 2.92. The fraction of sp³-hybridized carbons (Fsp3) is 0.200. The second kappa shape index (κ2) is 5.11. The maximum absolute atomic E-state index is 11.4. The molecule has 0 fully saturated rings.